The molecule has 5 aromatic heterocycles. The van der Waals surface area contributed by atoms with Crippen LogP contribution in [0.4, 0.5) is 69.2 Å². The highest BCUT2D eigenvalue weighted by atomic mass is 16.5. The van der Waals surface area contributed by atoms with E-state index >= 15 is 0 Å². The highest BCUT2D eigenvalue weighted by Crippen LogP contribution is 2.48. The third-order valence-corrected chi connectivity index (χ3v) is 21.8. The molecular formula is C88H99N23O19. The molecule has 0 spiro atoms. The van der Waals surface area contributed by atoms with Gasteiger partial charge in [0.1, 0.15) is 96.9 Å². The van der Waals surface area contributed by atoms with E-state index in [2.05, 4.69) is 108 Å². The molecule has 11 heterocycles. The van der Waals surface area contributed by atoms with Gasteiger partial charge in [0, 0.05) is 140 Å². The van der Waals surface area contributed by atoms with Gasteiger partial charge < -0.3 is 115 Å². The van der Waals surface area contributed by atoms with E-state index < -0.39 is 5.54 Å². The molecule has 8 aliphatic rings. The zero-order valence-electron chi connectivity index (χ0n) is 73.2. The van der Waals surface area contributed by atoms with E-state index in [0.29, 0.717) is 183 Å². The first-order valence-electron chi connectivity index (χ1n) is 41.1. The third kappa shape index (κ3) is 21.6. The molecule has 10 aromatic rings. The summed E-state index contributed by atoms with van der Waals surface area (Å²) in [5.74, 6) is 8.05. The summed E-state index contributed by atoms with van der Waals surface area (Å²) in [7, 11) is 14.6. The molecule has 18 rings (SSSR count). The number of fused-ring (bicyclic) bond motifs is 5. The molecule has 680 valence electrons. The van der Waals surface area contributed by atoms with Crippen molar-refractivity contribution in [3.63, 3.8) is 0 Å². The Morgan fingerprint density at radius 2 is 0.854 bits per heavy atom. The first-order valence-corrected chi connectivity index (χ1v) is 41.1. The van der Waals surface area contributed by atoms with Crippen LogP contribution in [0.1, 0.15) is 119 Å². The number of anilines is 12. The number of rotatable bonds is 28. The number of carboxylic acid groups (broad SMARTS) is 1. The molecule has 3 fully saturated rings. The summed E-state index contributed by atoms with van der Waals surface area (Å²) in [6.45, 7) is 11.1. The fourth-order valence-corrected chi connectivity index (χ4v) is 14.7. The summed E-state index contributed by atoms with van der Waals surface area (Å²) in [6.07, 6.45) is 15.6. The van der Waals surface area contributed by atoms with Crippen LogP contribution in [0, 0.1) is 11.8 Å². The van der Waals surface area contributed by atoms with Crippen LogP contribution in [0.15, 0.2) is 123 Å². The number of benzene rings is 5. The lowest BCUT2D eigenvalue weighted by atomic mass is 9.92. The number of hydrogen-bond acceptors (Lipinski definition) is 34. The summed E-state index contributed by atoms with van der Waals surface area (Å²) < 4.78 is 54.8. The fraction of sp³-hybridized carbons (Fsp3) is 0.341. The number of hydrogen-bond donors (Lipinski definition) is 11. The highest BCUT2D eigenvalue weighted by molar-refractivity contribution is 6.04. The summed E-state index contributed by atoms with van der Waals surface area (Å²) in [5, 5.41) is 36.9. The van der Waals surface area contributed by atoms with Gasteiger partial charge in [0.25, 0.3) is 36.0 Å². The molecule has 6 aliphatic heterocycles. The van der Waals surface area contributed by atoms with Crippen LogP contribution in [0.2, 0.25) is 0 Å². The number of carbonyl (C=O) groups is 8. The predicted molar refractivity (Wildman–Crippen MR) is 474 cm³/mol. The highest BCUT2D eigenvalue weighted by Gasteiger charge is 2.44. The lowest BCUT2D eigenvalue weighted by Gasteiger charge is -2.30. The van der Waals surface area contributed by atoms with E-state index in [1.165, 1.54) is 31.6 Å². The largest absolute Gasteiger partial charge is 0.494 e. The van der Waals surface area contributed by atoms with Crippen LogP contribution < -0.4 is 91.1 Å². The van der Waals surface area contributed by atoms with Crippen LogP contribution in [-0.2, 0) is 55.6 Å². The number of ether oxygens (including phenoxy) is 10. The minimum absolute atomic E-state index is 0.00805. The number of amides is 7. The number of nitrogens with one attached hydrogen (secondary N) is 10. The number of aromatic nitrogens is 10. The van der Waals surface area contributed by atoms with Gasteiger partial charge in [-0.3, -0.25) is 43.3 Å². The molecule has 0 unspecified atom stereocenters. The van der Waals surface area contributed by atoms with Gasteiger partial charge in [0.15, 0.2) is 34.7 Å². The molecule has 2 aliphatic carbocycles. The van der Waals surface area contributed by atoms with Crippen molar-refractivity contribution in [2.24, 2.45) is 11.8 Å². The first-order chi connectivity index (χ1) is 63.0. The van der Waals surface area contributed by atoms with Crippen LogP contribution in [0.3, 0.4) is 0 Å². The summed E-state index contributed by atoms with van der Waals surface area (Å²) in [5.41, 5.74) is 10.4. The van der Waals surface area contributed by atoms with Crippen LogP contribution in [-0.4, -0.2) is 234 Å². The maximum Gasteiger partial charge on any atom is 0.290 e. The van der Waals surface area contributed by atoms with Crippen molar-refractivity contribution in [3.05, 3.63) is 179 Å². The molecule has 5 aromatic carbocycles. The smallest absolute Gasteiger partial charge is 0.290 e. The van der Waals surface area contributed by atoms with E-state index in [1.54, 1.807) is 159 Å². The van der Waals surface area contributed by atoms with Crippen molar-refractivity contribution in [3.8, 4) is 46.0 Å². The standard InChI is InChI=1S/C20H23N5O3.C19H23N5O4.C18H19N5O3.C16H18N4O4.C14H14N4O3.CH2O2/c1-20(2)16-12(19(27)25(20)3)7-8-13(17(16)28-4)23-14-9-15(22-10-21-14)24-18(26)11-5-6-11;1-26-17-14-10-21-19(25)13(14)2-3-15(17)23-18-16(11-20-12-22-18)28-9-6-24-4-7-27-8-5-24;1-23-8-12-11(18(23)25)5-6-13(16(12)26-2)21-14-7-15(20-9-19-14)22-17(24)10-3-4-10;1-22-5-6-24-13-8-17-9-19-15(13)20-12-4-3-10-11(14(12)23-2)7-18-16(10)21;1-20-11-6-15-7-17-13(11)18-10-4-3-8-9(12(10)21-2)5-16-14(8)19;2-1-3/h7-11H,5-6H2,1-4H3,(H2,21,22,23,24,26);2-3,11-12H,4-10H2,1H3,(H,21,25)(H,20,22,23);5-7,9-10H,3-4,8H2,1-2H3,(H2,19,20,21,22,24);3-4,8-9H,5-7H2,1-2H3,(H,18,21)(H,17,19,20);3-4,6-7H,5H2,1-2H3,(H,16,19)(H,15,17,18);1H,(H,2,3). The SMILES string of the molecule is COCCOc1cncnc1Nc1ccc2c(c1OC)CNC2=O.COc1c(Nc2cc(NC(=O)C3CC3)ncn2)ccc2c1C(C)(C)N(C)C2=O.COc1c(Nc2cc(NC(=O)C3CC3)ncn2)ccc2c1CN(C)C2=O.COc1c(Nc2ncncc2OCCN2CCOCC2)ccc2c1CNC2=O.COc1cncnc1Nc1ccc2c(c1OC)CNC2=O.O=CO. The van der Waals surface area contributed by atoms with Gasteiger partial charge in [0.2, 0.25) is 11.8 Å². The summed E-state index contributed by atoms with van der Waals surface area (Å²) in [4.78, 5) is 139. The van der Waals surface area contributed by atoms with Gasteiger partial charge in [-0.25, -0.2) is 49.8 Å². The topological polar surface area (TPSA) is 508 Å². The molecule has 1 saturated heterocycles. The lowest BCUT2D eigenvalue weighted by Crippen LogP contribution is -2.38. The molecule has 7 amide bonds. The Hall–Kier alpha value is -15.5. The van der Waals surface area contributed by atoms with Crippen LogP contribution in [0.25, 0.3) is 0 Å². The van der Waals surface area contributed by atoms with Gasteiger partial charge in [-0.05, 0) is 100 Å². The van der Waals surface area contributed by atoms with Crippen molar-refractivity contribution in [2.45, 2.75) is 71.2 Å². The molecule has 0 bridgehead atoms. The van der Waals surface area contributed by atoms with Gasteiger partial charge in [-0.2, -0.15) is 0 Å². The summed E-state index contributed by atoms with van der Waals surface area (Å²) >= 11 is 0. The lowest BCUT2D eigenvalue weighted by molar-refractivity contribution is -0.123. The minimum Gasteiger partial charge on any atom is -0.494 e. The van der Waals surface area contributed by atoms with Crippen LogP contribution >= 0.6 is 0 Å². The van der Waals surface area contributed by atoms with E-state index in [9.17, 15) is 33.6 Å². The maximum atomic E-state index is 12.5. The second-order valence-electron chi connectivity index (χ2n) is 30.3. The monoisotopic (exact) mass is 1780 g/mol. The van der Waals surface area contributed by atoms with Crippen molar-refractivity contribution in [2.75, 3.05) is 154 Å². The molecule has 2 saturated carbocycles. The molecular weight excluding hydrogens is 1680 g/mol. The van der Waals surface area contributed by atoms with Gasteiger partial charge in [-0.15, -0.1) is 0 Å². The van der Waals surface area contributed by atoms with Gasteiger partial charge in [0.05, 0.1) is 122 Å². The molecule has 11 N–H and O–H groups in total. The number of morpholine rings is 1. The van der Waals surface area contributed by atoms with E-state index in [4.69, 9.17) is 57.3 Å². The Balaban J connectivity index is 0.000000138. The zero-order valence-corrected chi connectivity index (χ0v) is 73.2. The second kappa shape index (κ2) is 42.7. The van der Waals surface area contributed by atoms with E-state index in [0.717, 1.165) is 92.0 Å². The number of carbonyl (C=O) groups excluding carboxylic acids is 7. The molecule has 130 heavy (non-hydrogen) atoms. The third-order valence-electron chi connectivity index (χ3n) is 21.8. The van der Waals surface area contributed by atoms with Crippen molar-refractivity contribution in [1.82, 2.24) is 80.5 Å². The zero-order chi connectivity index (χ0) is 92.1. The second-order valence-corrected chi connectivity index (χ2v) is 30.3. The Labute approximate surface area is 746 Å². The minimum atomic E-state index is -0.496. The Morgan fingerprint density at radius 3 is 1.28 bits per heavy atom. The average molecular weight is 1780 g/mol. The summed E-state index contributed by atoms with van der Waals surface area (Å²) in [6, 6.07) is 21.2. The molecule has 0 radical (unpaired) electrons. The first kappa shape index (κ1) is 92.2. The molecule has 42 nitrogen and oxygen atoms in total. The maximum absolute atomic E-state index is 12.5. The van der Waals surface area contributed by atoms with Gasteiger partial charge >= 0.3 is 0 Å². The fourth-order valence-electron chi connectivity index (χ4n) is 14.7. The molecule has 42 heteroatoms. The Kier molecular flexibility index (Phi) is 30.3. The van der Waals surface area contributed by atoms with E-state index in [1.807, 2.05) is 19.9 Å². The Morgan fingerprint density at radius 1 is 0.469 bits per heavy atom. The Bertz CT molecular complexity index is 5840. The van der Waals surface area contributed by atoms with Crippen molar-refractivity contribution < 1.29 is 90.8 Å². The van der Waals surface area contributed by atoms with Gasteiger partial charge in [-0.1, -0.05) is 0 Å². The average Bonchev–Trinajstić information content (AvgIpc) is 1.59. The number of nitrogens with zero attached hydrogens (tertiary/aromatic N) is 13. The normalized spacial score (nSPS) is 14.8. The van der Waals surface area contributed by atoms with Crippen molar-refractivity contribution >= 4 is 117 Å². The van der Waals surface area contributed by atoms with E-state index in [-0.39, 0.29) is 59.7 Å². The van der Waals surface area contributed by atoms with Crippen LogP contribution in [0.5, 0.6) is 46.0 Å². The quantitative estimate of drug-likeness (QED) is 0.0161. The number of methoxy groups -OCH3 is 7. The van der Waals surface area contributed by atoms with Crippen molar-refractivity contribution in [1.29, 1.82) is 0 Å². The molecule has 0 atom stereocenters. The predicted octanol–water partition coefficient (Wildman–Crippen LogP) is 8.92.